The summed E-state index contributed by atoms with van der Waals surface area (Å²) >= 11 is 0. The predicted molar refractivity (Wildman–Crippen MR) is 112 cm³/mol. The molecule has 0 spiro atoms. The van der Waals surface area contributed by atoms with E-state index in [4.69, 9.17) is 4.74 Å². The highest BCUT2D eigenvalue weighted by Gasteiger charge is 2.63. The molecular weight excluding hydrogens is 380 g/mol. The standard InChI is InChI=1S/C22H30N6O2/c1-21(2)13-22(14-27-8-10-30-11-9-27)15-28(12-18(21)22)20(29)17-6-4-16(5-7-17)19-23-25-26(3)24-19/h4-7,18H,8-15H2,1-3H3/t18-,22+/m1/s1. The van der Waals surface area contributed by atoms with Crippen LogP contribution in [0.5, 0.6) is 0 Å². The third-order valence-electron chi connectivity index (χ3n) is 7.23. The number of amides is 1. The van der Waals surface area contributed by atoms with E-state index < -0.39 is 0 Å². The van der Waals surface area contributed by atoms with Crippen molar-refractivity contribution in [2.45, 2.75) is 20.3 Å². The van der Waals surface area contributed by atoms with Gasteiger partial charge in [0.2, 0.25) is 5.82 Å². The second-order valence-electron chi connectivity index (χ2n) is 9.83. The lowest BCUT2D eigenvalue weighted by atomic mass is 9.48. The monoisotopic (exact) mass is 410 g/mol. The molecule has 2 aromatic rings. The fourth-order valence-electron chi connectivity index (χ4n) is 6.04. The van der Waals surface area contributed by atoms with Crippen molar-refractivity contribution in [3.63, 3.8) is 0 Å². The quantitative estimate of drug-likeness (QED) is 0.764. The van der Waals surface area contributed by atoms with E-state index in [1.807, 2.05) is 24.3 Å². The highest BCUT2D eigenvalue weighted by atomic mass is 16.5. The van der Waals surface area contributed by atoms with E-state index in [1.54, 1.807) is 7.05 Å². The van der Waals surface area contributed by atoms with Crippen molar-refractivity contribution in [3.05, 3.63) is 29.8 Å². The average molecular weight is 411 g/mol. The molecule has 1 aromatic heterocycles. The number of carbonyl (C=O) groups excluding carboxylic acids is 1. The van der Waals surface area contributed by atoms with E-state index in [0.717, 1.165) is 57.1 Å². The van der Waals surface area contributed by atoms with Crippen LogP contribution in [0.15, 0.2) is 24.3 Å². The number of aromatic nitrogens is 4. The van der Waals surface area contributed by atoms with Crippen LogP contribution < -0.4 is 0 Å². The summed E-state index contributed by atoms with van der Waals surface area (Å²) in [4.78, 5) is 19.4. The molecule has 1 aliphatic carbocycles. The SMILES string of the molecule is Cn1nnc(-c2ccc(C(=O)N3C[C@@H]4C(C)(C)C[C@]4(CN4CCOCC4)C3)cc2)n1. The Hall–Kier alpha value is -2.32. The molecule has 0 bridgehead atoms. The summed E-state index contributed by atoms with van der Waals surface area (Å²) < 4.78 is 5.52. The van der Waals surface area contributed by atoms with Crippen LogP contribution in [-0.2, 0) is 11.8 Å². The fraction of sp³-hybridized carbons (Fsp3) is 0.636. The van der Waals surface area contributed by atoms with Crippen LogP contribution >= 0.6 is 0 Å². The summed E-state index contributed by atoms with van der Waals surface area (Å²) in [7, 11) is 1.74. The molecular formula is C22H30N6O2. The lowest BCUT2D eigenvalue weighted by molar-refractivity contribution is -0.0966. The molecule has 160 valence electrons. The largest absolute Gasteiger partial charge is 0.379 e. The third-order valence-corrected chi connectivity index (χ3v) is 7.23. The van der Waals surface area contributed by atoms with Gasteiger partial charge in [-0.15, -0.1) is 10.2 Å². The summed E-state index contributed by atoms with van der Waals surface area (Å²) in [6, 6.07) is 7.58. The van der Waals surface area contributed by atoms with Gasteiger partial charge in [0, 0.05) is 49.3 Å². The maximum atomic E-state index is 13.3. The van der Waals surface area contributed by atoms with E-state index in [1.165, 1.54) is 11.2 Å². The van der Waals surface area contributed by atoms with Gasteiger partial charge in [-0.2, -0.15) is 4.80 Å². The number of aryl methyl sites for hydroxylation is 1. The van der Waals surface area contributed by atoms with Crippen molar-refractivity contribution in [1.82, 2.24) is 30.0 Å². The summed E-state index contributed by atoms with van der Waals surface area (Å²) in [6.07, 6.45) is 1.18. The molecule has 8 nitrogen and oxygen atoms in total. The normalized spacial score (nSPS) is 28.2. The number of benzene rings is 1. The van der Waals surface area contributed by atoms with Gasteiger partial charge in [-0.05, 0) is 35.1 Å². The van der Waals surface area contributed by atoms with Gasteiger partial charge in [0.05, 0.1) is 20.3 Å². The molecule has 1 aromatic carbocycles. The van der Waals surface area contributed by atoms with Gasteiger partial charge < -0.3 is 9.64 Å². The maximum Gasteiger partial charge on any atom is 0.253 e. The lowest BCUT2D eigenvalue weighted by Gasteiger charge is -2.58. The molecule has 3 fully saturated rings. The Morgan fingerprint density at radius 1 is 1.20 bits per heavy atom. The Morgan fingerprint density at radius 3 is 2.57 bits per heavy atom. The van der Waals surface area contributed by atoms with E-state index in [0.29, 0.717) is 17.2 Å². The van der Waals surface area contributed by atoms with Crippen molar-refractivity contribution in [2.75, 3.05) is 45.9 Å². The number of tetrazole rings is 1. The number of fused-ring (bicyclic) bond motifs is 1. The highest BCUT2D eigenvalue weighted by molar-refractivity contribution is 5.95. The molecule has 2 atom stereocenters. The summed E-state index contributed by atoms with van der Waals surface area (Å²) in [6.45, 7) is 11.1. The van der Waals surface area contributed by atoms with Gasteiger partial charge in [-0.25, -0.2) is 0 Å². The number of nitrogens with zero attached hydrogens (tertiary/aromatic N) is 6. The molecule has 2 aliphatic heterocycles. The molecule has 0 radical (unpaired) electrons. The topological polar surface area (TPSA) is 76.4 Å². The molecule has 0 N–H and O–H groups in total. The smallest absolute Gasteiger partial charge is 0.253 e. The summed E-state index contributed by atoms with van der Waals surface area (Å²) in [5.74, 6) is 1.25. The van der Waals surface area contributed by atoms with Crippen LogP contribution in [0, 0.1) is 16.7 Å². The first-order valence-electron chi connectivity index (χ1n) is 10.8. The van der Waals surface area contributed by atoms with Crippen LogP contribution in [0.1, 0.15) is 30.6 Å². The Kier molecular flexibility index (Phi) is 4.67. The van der Waals surface area contributed by atoms with Gasteiger partial charge in [0.25, 0.3) is 5.91 Å². The zero-order valence-electron chi connectivity index (χ0n) is 18.0. The lowest BCUT2D eigenvalue weighted by Crippen LogP contribution is -2.59. The maximum absolute atomic E-state index is 13.3. The molecule has 1 amide bonds. The van der Waals surface area contributed by atoms with Gasteiger partial charge in [-0.3, -0.25) is 9.69 Å². The zero-order valence-corrected chi connectivity index (χ0v) is 18.0. The molecule has 1 saturated carbocycles. The Morgan fingerprint density at radius 2 is 1.93 bits per heavy atom. The Labute approximate surface area is 177 Å². The molecule has 30 heavy (non-hydrogen) atoms. The van der Waals surface area contributed by atoms with Crippen LogP contribution in [0.3, 0.4) is 0 Å². The Bertz CT molecular complexity index is 933. The van der Waals surface area contributed by atoms with Gasteiger partial charge >= 0.3 is 0 Å². The van der Waals surface area contributed by atoms with Crippen LogP contribution in [0.25, 0.3) is 11.4 Å². The number of rotatable bonds is 4. The third kappa shape index (κ3) is 3.32. The molecule has 8 heteroatoms. The Balaban J connectivity index is 1.31. The second-order valence-corrected chi connectivity index (χ2v) is 9.83. The van der Waals surface area contributed by atoms with Crippen LogP contribution in [0.4, 0.5) is 0 Å². The number of likely N-dealkylation sites (tertiary alicyclic amines) is 1. The number of ether oxygens (including phenoxy) is 1. The van der Waals surface area contributed by atoms with Crippen molar-refractivity contribution in [1.29, 1.82) is 0 Å². The van der Waals surface area contributed by atoms with E-state index in [2.05, 4.69) is 39.1 Å². The summed E-state index contributed by atoms with van der Waals surface area (Å²) in [5, 5.41) is 12.1. The van der Waals surface area contributed by atoms with Gasteiger partial charge in [0.15, 0.2) is 0 Å². The summed E-state index contributed by atoms with van der Waals surface area (Å²) in [5.41, 5.74) is 2.11. The van der Waals surface area contributed by atoms with Gasteiger partial charge in [0.1, 0.15) is 0 Å². The van der Waals surface area contributed by atoms with Gasteiger partial charge in [-0.1, -0.05) is 26.0 Å². The minimum atomic E-state index is 0.125. The first-order valence-corrected chi connectivity index (χ1v) is 10.8. The number of hydrogen-bond donors (Lipinski definition) is 0. The first kappa shape index (κ1) is 19.6. The van der Waals surface area contributed by atoms with Crippen molar-refractivity contribution < 1.29 is 9.53 Å². The average Bonchev–Trinajstić information content (AvgIpc) is 3.30. The highest BCUT2D eigenvalue weighted by Crippen LogP contribution is 2.63. The van der Waals surface area contributed by atoms with Crippen LogP contribution in [-0.4, -0.2) is 81.9 Å². The fourth-order valence-corrected chi connectivity index (χ4v) is 6.04. The molecule has 3 heterocycles. The molecule has 5 rings (SSSR count). The minimum absolute atomic E-state index is 0.125. The van der Waals surface area contributed by atoms with Crippen molar-refractivity contribution in [2.24, 2.45) is 23.8 Å². The van der Waals surface area contributed by atoms with E-state index in [9.17, 15) is 4.79 Å². The van der Waals surface area contributed by atoms with Crippen molar-refractivity contribution >= 4 is 5.91 Å². The van der Waals surface area contributed by atoms with Crippen LogP contribution in [0.2, 0.25) is 0 Å². The number of carbonyl (C=O) groups is 1. The van der Waals surface area contributed by atoms with E-state index in [-0.39, 0.29) is 11.3 Å². The first-order chi connectivity index (χ1) is 14.4. The molecule has 0 unspecified atom stereocenters. The molecule has 2 saturated heterocycles. The van der Waals surface area contributed by atoms with Crippen molar-refractivity contribution in [3.8, 4) is 11.4 Å². The number of hydrogen-bond acceptors (Lipinski definition) is 6. The number of morpholine rings is 1. The predicted octanol–water partition coefficient (Wildman–Crippen LogP) is 1.70. The van der Waals surface area contributed by atoms with E-state index >= 15 is 0 Å². The minimum Gasteiger partial charge on any atom is -0.379 e. The zero-order chi connectivity index (χ0) is 20.9. The molecule has 3 aliphatic rings. The second kappa shape index (κ2) is 7.13.